The molecule has 0 aliphatic carbocycles. The van der Waals surface area contributed by atoms with Crippen molar-refractivity contribution in [3.05, 3.63) is 46.4 Å². The number of rotatable bonds is 4. The molecule has 0 spiro atoms. The van der Waals surface area contributed by atoms with E-state index < -0.39 is 4.92 Å². The second-order valence-corrected chi connectivity index (χ2v) is 3.52. The SMILES string of the molecule is COc1ccc([N+](=O)[O-])cc1Oc1nccnc1C#N. The smallest absolute Gasteiger partial charge is 0.273 e. The van der Waals surface area contributed by atoms with E-state index in [0.29, 0.717) is 0 Å². The number of non-ortho nitro benzene ring substituents is 1. The van der Waals surface area contributed by atoms with E-state index in [4.69, 9.17) is 14.7 Å². The number of ether oxygens (including phenoxy) is 2. The van der Waals surface area contributed by atoms with Gasteiger partial charge in [0.05, 0.1) is 18.1 Å². The minimum Gasteiger partial charge on any atom is -0.493 e. The second kappa shape index (κ2) is 5.62. The van der Waals surface area contributed by atoms with E-state index in [1.165, 1.54) is 37.7 Å². The van der Waals surface area contributed by atoms with E-state index in [-0.39, 0.29) is 28.8 Å². The van der Waals surface area contributed by atoms with E-state index >= 15 is 0 Å². The third kappa shape index (κ3) is 2.62. The first-order chi connectivity index (χ1) is 9.65. The minimum atomic E-state index is -0.561. The van der Waals surface area contributed by atoms with Gasteiger partial charge in [-0.3, -0.25) is 10.1 Å². The number of benzene rings is 1. The molecule has 0 fully saturated rings. The molecule has 20 heavy (non-hydrogen) atoms. The predicted molar refractivity (Wildman–Crippen MR) is 66.5 cm³/mol. The normalized spacial score (nSPS) is 9.60. The average Bonchev–Trinajstić information content (AvgIpc) is 2.47. The van der Waals surface area contributed by atoms with Crippen LogP contribution in [-0.4, -0.2) is 22.0 Å². The third-order valence-electron chi connectivity index (χ3n) is 2.34. The van der Waals surface area contributed by atoms with Crippen molar-refractivity contribution in [2.75, 3.05) is 7.11 Å². The van der Waals surface area contributed by atoms with Crippen molar-refractivity contribution >= 4 is 5.69 Å². The number of hydrogen-bond donors (Lipinski definition) is 0. The maximum absolute atomic E-state index is 10.8. The summed E-state index contributed by atoms with van der Waals surface area (Å²) in [5.41, 5.74) is -0.191. The van der Waals surface area contributed by atoms with E-state index in [1.807, 2.05) is 6.07 Å². The van der Waals surface area contributed by atoms with Crippen molar-refractivity contribution in [1.29, 1.82) is 5.26 Å². The van der Waals surface area contributed by atoms with Crippen molar-refractivity contribution in [3.8, 4) is 23.4 Å². The van der Waals surface area contributed by atoms with Gasteiger partial charge in [-0.1, -0.05) is 0 Å². The molecule has 0 saturated heterocycles. The molecule has 8 heteroatoms. The van der Waals surface area contributed by atoms with Gasteiger partial charge >= 0.3 is 0 Å². The predicted octanol–water partition coefficient (Wildman–Crippen LogP) is 2.06. The largest absolute Gasteiger partial charge is 0.493 e. The second-order valence-electron chi connectivity index (χ2n) is 3.52. The molecule has 1 aromatic heterocycles. The van der Waals surface area contributed by atoms with E-state index in [0.717, 1.165) is 0 Å². The fraction of sp³-hybridized carbons (Fsp3) is 0.0833. The van der Waals surface area contributed by atoms with Gasteiger partial charge in [0.15, 0.2) is 11.5 Å². The van der Waals surface area contributed by atoms with Gasteiger partial charge in [-0.25, -0.2) is 9.97 Å². The average molecular weight is 272 g/mol. The molecule has 0 saturated carbocycles. The number of nitrogens with zero attached hydrogens (tertiary/aromatic N) is 4. The van der Waals surface area contributed by atoms with E-state index in [9.17, 15) is 10.1 Å². The topological polar surface area (TPSA) is 111 Å². The Kier molecular flexibility index (Phi) is 3.72. The highest BCUT2D eigenvalue weighted by Gasteiger charge is 2.15. The van der Waals surface area contributed by atoms with Crippen molar-refractivity contribution in [2.24, 2.45) is 0 Å². The molecule has 0 N–H and O–H groups in total. The highest BCUT2D eigenvalue weighted by Crippen LogP contribution is 2.34. The lowest BCUT2D eigenvalue weighted by Gasteiger charge is -2.09. The summed E-state index contributed by atoms with van der Waals surface area (Å²) in [6.45, 7) is 0. The molecule has 8 nitrogen and oxygen atoms in total. The van der Waals surface area contributed by atoms with Gasteiger partial charge < -0.3 is 9.47 Å². The molecule has 0 unspecified atom stereocenters. The van der Waals surface area contributed by atoms with Gasteiger partial charge in [0, 0.05) is 18.5 Å². The lowest BCUT2D eigenvalue weighted by atomic mass is 10.3. The van der Waals surface area contributed by atoms with Gasteiger partial charge in [0.2, 0.25) is 5.69 Å². The van der Waals surface area contributed by atoms with Crippen molar-refractivity contribution in [2.45, 2.75) is 0 Å². The highest BCUT2D eigenvalue weighted by molar-refractivity contribution is 5.50. The Morgan fingerprint density at radius 2 is 2.05 bits per heavy atom. The molecule has 1 aromatic carbocycles. The molecule has 0 amide bonds. The van der Waals surface area contributed by atoms with Crippen molar-refractivity contribution < 1.29 is 14.4 Å². The first-order valence-corrected chi connectivity index (χ1v) is 5.37. The number of nitro benzene ring substituents is 1. The summed E-state index contributed by atoms with van der Waals surface area (Å²) < 4.78 is 10.4. The first-order valence-electron chi connectivity index (χ1n) is 5.37. The number of nitro groups is 1. The molecule has 0 bridgehead atoms. The fourth-order valence-corrected chi connectivity index (χ4v) is 1.44. The summed E-state index contributed by atoms with van der Waals surface area (Å²) in [6.07, 6.45) is 2.69. The van der Waals surface area contributed by atoms with Crippen LogP contribution in [-0.2, 0) is 0 Å². The molecule has 2 aromatic rings. The van der Waals surface area contributed by atoms with Crippen LogP contribution < -0.4 is 9.47 Å². The third-order valence-corrected chi connectivity index (χ3v) is 2.34. The van der Waals surface area contributed by atoms with Crippen molar-refractivity contribution in [3.63, 3.8) is 0 Å². The molecule has 2 rings (SSSR count). The van der Waals surface area contributed by atoms with E-state index in [2.05, 4.69) is 9.97 Å². The van der Waals surface area contributed by atoms with Crippen LogP contribution in [0.4, 0.5) is 5.69 Å². The van der Waals surface area contributed by atoms with Crippen LogP contribution in [0.3, 0.4) is 0 Å². The van der Waals surface area contributed by atoms with Crippen LogP contribution in [0.5, 0.6) is 17.4 Å². The monoisotopic (exact) mass is 272 g/mol. The van der Waals surface area contributed by atoms with Crippen molar-refractivity contribution in [1.82, 2.24) is 9.97 Å². The summed E-state index contributed by atoms with van der Waals surface area (Å²) in [5, 5.41) is 19.7. The number of methoxy groups -OCH3 is 1. The van der Waals surface area contributed by atoms with Crippen LogP contribution in [0.15, 0.2) is 30.6 Å². The molecule has 0 aliphatic heterocycles. The quantitative estimate of drug-likeness (QED) is 0.618. The molecule has 1 heterocycles. The Bertz CT molecular complexity index is 696. The summed E-state index contributed by atoms with van der Waals surface area (Å²) >= 11 is 0. The lowest BCUT2D eigenvalue weighted by Crippen LogP contribution is -1.97. The Hall–Kier alpha value is -3.21. The summed E-state index contributed by atoms with van der Waals surface area (Å²) in [6, 6.07) is 5.69. The fourth-order valence-electron chi connectivity index (χ4n) is 1.44. The molecular formula is C12H8N4O4. The van der Waals surface area contributed by atoms with Crippen LogP contribution in [0, 0.1) is 21.4 Å². The van der Waals surface area contributed by atoms with Gasteiger partial charge in [0.1, 0.15) is 6.07 Å². The number of nitriles is 1. The summed E-state index contributed by atoms with van der Waals surface area (Å²) in [5.74, 6) is 0.317. The summed E-state index contributed by atoms with van der Waals surface area (Å²) in [4.78, 5) is 17.8. The van der Waals surface area contributed by atoms with Gasteiger partial charge in [-0.05, 0) is 6.07 Å². The zero-order chi connectivity index (χ0) is 14.5. The Morgan fingerprint density at radius 3 is 2.70 bits per heavy atom. The maximum Gasteiger partial charge on any atom is 0.273 e. The summed E-state index contributed by atoms with van der Waals surface area (Å²) in [7, 11) is 1.40. The lowest BCUT2D eigenvalue weighted by molar-refractivity contribution is -0.384. The van der Waals surface area contributed by atoms with Gasteiger partial charge in [-0.2, -0.15) is 5.26 Å². The van der Waals surface area contributed by atoms with Crippen LogP contribution in [0.25, 0.3) is 0 Å². The van der Waals surface area contributed by atoms with Crippen LogP contribution in [0.2, 0.25) is 0 Å². The number of aromatic nitrogens is 2. The molecule has 0 aliphatic rings. The van der Waals surface area contributed by atoms with Crippen LogP contribution >= 0.6 is 0 Å². The zero-order valence-corrected chi connectivity index (χ0v) is 10.3. The zero-order valence-electron chi connectivity index (χ0n) is 10.3. The number of hydrogen-bond acceptors (Lipinski definition) is 7. The Labute approximate surface area is 113 Å². The highest BCUT2D eigenvalue weighted by atomic mass is 16.6. The van der Waals surface area contributed by atoms with E-state index in [1.54, 1.807) is 0 Å². The van der Waals surface area contributed by atoms with Gasteiger partial charge in [0.25, 0.3) is 11.6 Å². The van der Waals surface area contributed by atoms with Crippen LogP contribution in [0.1, 0.15) is 5.69 Å². The molecule has 0 radical (unpaired) electrons. The Morgan fingerprint density at radius 1 is 1.30 bits per heavy atom. The van der Waals surface area contributed by atoms with Gasteiger partial charge in [-0.15, -0.1) is 0 Å². The molecule has 100 valence electrons. The first kappa shape index (κ1) is 13.2. The Balaban J connectivity index is 2.44. The molecule has 0 atom stereocenters. The molecular weight excluding hydrogens is 264 g/mol. The maximum atomic E-state index is 10.8. The standard InChI is InChI=1S/C12H8N4O4/c1-19-10-3-2-8(16(17)18)6-11(10)20-12-9(7-13)14-4-5-15-12/h2-6H,1H3. The minimum absolute atomic E-state index is 0.0268.